The van der Waals surface area contributed by atoms with Gasteiger partial charge in [0.2, 0.25) is 5.95 Å². The van der Waals surface area contributed by atoms with Gasteiger partial charge >= 0.3 is 0 Å². The molecular formula is C9H11N5O. The van der Waals surface area contributed by atoms with Crippen LogP contribution < -0.4 is 16.2 Å². The lowest BCUT2D eigenvalue weighted by Gasteiger charge is -2.04. The molecule has 0 aliphatic carbocycles. The molecule has 0 fully saturated rings. The maximum absolute atomic E-state index is 5.80. The molecule has 0 atom stereocenters. The SMILES string of the molecule is COc1ccc(N)c(-c2nc(N)n[nH]2)c1. The van der Waals surface area contributed by atoms with E-state index in [4.69, 9.17) is 16.2 Å². The third-order valence-corrected chi connectivity index (χ3v) is 2.02. The van der Waals surface area contributed by atoms with Crippen LogP contribution in [0, 0.1) is 0 Å². The zero-order valence-electron chi connectivity index (χ0n) is 8.19. The van der Waals surface area contributed by atoms with E-state index in [0.717, 1.165) is 5.56 Å². The molecule has 0 unspecified atom stereocenters. The summed E-state index contributed by atoms with van der Waals surface area (Å²) in [4.78, 5) is 3.99. The second-order valence-corrected chi connectivity index (χ2v) is 3.00. The number of anilines is 2. The van der Waals surface area contributed by atoms with Crippen molar-refractivity contribution in [2.24, 2.45) is 0 Å². The quantitative estimate of drug-likeness (QED) is 0.624. The minimum atomic E-state index is 0.187. The maximum Gasteiger partial charge on any atom is 0.239 e. The summed E-state index contributed by atoms with van der Waals surface area (Å²) in [5.41, 5.74) is 12.5. The van der Waals surface area contributed by atoms with Crippen LogP contribution in [0.3, 0.4) is 0 Å². The Bertz CT molecular complexity index is 479. The van der Waals surface area contributed by atoms with Gasteiger partial charge in [-0.05, 0) is 18.2 Å². The zero-order chi connectivity index (χ0) is 10.8. The molecule has 2 aromatic rings. The third-order valence-electron chi connectivity index (χ3n) is 2.02. The third kappa shape index (κ3) is 1.69. The van der Waals surface area contributed by atoms with Gasteiger partial charge in [0.05, 0.1) is 7.11 Å². The minimum absolute atomic E-state index is 0.187. The molecule has 0 spiro atoms. The number of ether oxygens (including phenoxy) is 1. The first kappa shape index (κ1) is 9.32. The van der Waals surface area contributed by atoms with Crippen LogP contribution in [0.25, 0.3) is 11.4 Å². The van der Waals surface area contributed by atoms with Crippen LogP contribution >= 0.6 is 0 Å². The highest BCUT2D eigenvalue weighted by atomic mass is 16.5. The molecule has 15 heavy (non-hydrogen) atoms. The van der Waals surface area contributed by atoms with Gasteiger partial charge in [0.1, 0.15) is 5.75 Å². The van der Waals surface area contributed by atoms with Gasteiger partial charge < -0.3 is 16.2 Å². The van der Waals surface area contributed by atoms with E-state index in [2.05, 4.69) is 15.2 Å². The van der Waals surface area contributed by atoms with Gasteiger partial charge in [-0.3, -0.25) is 5.10 Å². The molecule has 6 heteroatoms. The van der Waals surface area contributed by atoms with Crippen LogP contribution in [-0.2, 0) is 0 Å². The molecule has 1 aromatic heterocycles. The van der Waals surface area contributed by atoms with Gasteiger partial charge in [-0.25, -0.2) is 0 Å². The lowest BCUT2D eigenvalue weighted by molar-refractivity contribution is 0.415. The summed E-state index contributed by atoms with van der Waals surface area (Å²) >= 11 is 0. The van der Waals surface area contributed by atoms with E-state index in [9.17, 15) is 0 Å². The Kier molecular flexibility index (Phi) is 2.17. The van der Waals surface area contributed by atoms with Crippen molar-refractivity contribution in [3.63, 3.8) is 0 Å². The largest absolute Gasteiger partial charge is 0.497 e. The fraction of sp³-hybridized carbons (Fsp3) is 0.111. The summed E-state index contributed by atoms with van der Waals surface area (Å²) in [7, 11) is 1.59. The number of hydrogen-bond donors (Lipinski definition) is 3. The van der Waals surface area contributed by atoms with Crippen LogP contribution in [-0.4, -0.2) is 22.3 Å². The molecule has 0 aliphatic heterocycles. The number of nitrogens with one attached hydrogen (secondary N) is 1. The van der Waals surface area contributed by atoms with Crippen molar-refractivity contribution < 1.29 is 4.74 Å². The van der Waals surface area contributed by atoms with E-state index >= 15 is 0 Å². The highest BCUT2D eigenvalue weighted by Crippen LogP contribution is 2.27. The number of nitrogens with zero attached hydrogens (tertiary/aromatic N) is 2. The molecule has 0 bridgehead atoms. The van der Waals surface area contributed by atoms with Gasteiger partial charge in [-0.1, -0.05) is 0 Å². The molecule has 0 amide bonds. The summed E-state index contributed by atoms with van der Waals surface area (Å²) in [6.07, 6.45) is 0. The molecule has 1 aromatic carbocycles. The molecule has 0 saturated heterocycles. The molecule has 0 saturated carbocycles. The molecule has 1 heterocycles. The molecule has 6 nitrogen and oxygen atoms in total. The lowest BCUT2D eigenvalue weighted by atomic mass is 10.1. The maximum atomic E-state index is 5.80. The first-order valence-corrected chi connectivity index (χ1v) is 4.32. The average molecular weight is 205 g/mol. The van der Waals surface area contributed by atoms with Crippen LogP contribution in [0.5, 0.6) is 5.75 Å². The number of hydrogen-bond acceptors (Lipinski definition) is 5. The zero-order valence-corrected chi connectivity index (χ0v) is 8.19. The Balaban J connectivity index is 2.51. The number of nitrogens with two attached hydrogens (primary N) is 2. The van der Waals surface area contributed by atoms with Crippen LogP contribution in [0.2, 0.25) is 0 Å². The fourth-order valence-electron chi connectivity index (χ4n) is 1.26. The van der Waals surface area contributed by atoms with E-state index < -0.39 is 0 Å². The van der Waals surface area contributed by atoms with Gasteiger partial charge in [-0.15, -0.1) is 5.10 Å². The van der Waals surface area contributed by atoms with E-state index in [-0.39, 0.29) is 5.95 Å². The van der Waals surface area contributed by atoms with Gasteiger partial charge in [0.15, 0.2) is 5.82 Å². The Morgan fingerprint density at radius 2 is 2.13 bits per heavy atom. The number of aromatic amines is 1. The van der Waals surface area contributed by atoms with Crippen molar-refractivity contribution in [2.45, 2.75) is 0 Å². The fourth-order valence-corrected chi connectivity index (χ4v) is 1.26. The number of rotatable bonds is 2. The van der Waals surface area contributed by atoms with Crippen molar-refractivity contribution in [3.8, 4) is 17.1 Å². The molecular weight excluding hydrogens is 194 g/mol. The number of benzene rings is 1. The van der Waals surface area contributed by atoms with Crippen molar-refractivity contribution in [1.82, 2.24) is 15.2 Å². The normalized spacial score (nSPS) is 10.2. The Morgan fingerprint density at radius 3 is 2.73 bits per heavy atom. The molecule has 0 aliphatic rings. The predicted octanol–water partition coefficient (Wildman–Crippen LogP) is 0.645. The van der Waals surface area contributed by atoms with Gasteiger partial charge in [-0.2, -0.15) is 4.98 Å². The Hall–Kier alpha value is -2.24. The monoisotopic (exact) mass is 205 g/mol. The van der Waals surface area contributed by atoms with Crippen molar-refractivity contribution >= 4 is 11.6 Å². The number of nitrogen functional groups attached to an aromatic ring is 2. The highest BCUT2D eigenvalue weighted by molar-refractivity contribution is 5.73. The highest BCUT2D eigenvalue weighted by Gasteiger charge is 2.08. The molecule has 2 rings (SSSR count). The average Bonchev–Trinajstić information content (AvgIpc) is 2.65. The van der Waals surface area contributed by atoms with E-state index in [1.54, 1.807) is 25.3 Å². The molecule has 5 N–H and O–H groups in total. The van der Waals surface area contributed by atoms with Gasteiger partial charge in [0.25, 0.3) is 0 Å². The minimum Gasteiger partial charge on any atom is -0.497 e. The van der Waals surface area contributed by atoms with E-state index in [0.29, 0.717) is 17.3 Å². The summed E-state index contributed by atoms with van der Waals surface area (Å²) in [5.74, 6) is 1.42. The van der Waals surface area contributed by atoms with Crippen LogP contribution in [0.4, 0.5) is 11.6 Å². The molecule has 78 valence electrons. The van der Waals surface area contributed by atoms with Gasteiger partial charge in [0, 0.05) is 11.3 Å². The Labute approximate surface area is 86.3 Å². The van der Waals surface area contributed by atoms with E-state index in [1.165, 1.54) is 0 Å². The first-order chi connectivity index (χ1) is 7.20. The summed E-state index contributed by atoms with van der Waals surface area (Å²) < 4.78 is 5.09. The summed E-state index contributed by atoms with van der Waals surface area (Å²) in [5, 5.41) is 6.43. The number of methoxy groups -OCH3 is 1. The smallest absolute Gasteiger partial charge is 0.239 e. The number of H-pyrrole nitrogens is 1. The second-order valence-electron chi connectivity index (χ2n) is 3.00. The first-order valence-electron chi connectivity index (χ1n) is 4.32. The number of aromatic nitrogens is 3. The summed E-state index contributed by atoms with van der Waals surface area (Å²) in [6, 6.07) is 5.29. The standard InChI is InChI=1S/C9H11N5O/c1-15-5-2-3-7(10)6(4-5)8-12-9(11)14-13-8/h2-4H,10H2,1H3,(H3,11,12,13,14). The van der Waals surface area contributed by atoms with Crippen molar-refractivity contribution in [2.75, 3.05) is 18.6 Å². The van der Waals surface area contributed by atoms with E-state index in [1.807, 2.05) is 0 Å². The van der Waals surface area contributed by atoms with Crippen molar-refractivity contribution in [1.29, 1.82) is 0 Å². The lowest BCUT2D eigenvalue weighted by Crippen LogP contribution is -1.93. The van der Waals surface area contributed by atoms with Crippen LogP contribution in [0.1, 0.15) is 0 Å². The predicted molar refractivity (Wildman–Crippen MR) is 57.2 cm³/mol. The van der Waals surface area contributed by atoms with Crippen LogP contribution in [0.15, 0.2) is 18.2 Å². The topological polar surface area (TPSA) is 103 Å². The Morgan fingerprint density at radius 1 is 1.33 bits per heavy atom. The summed E-state index contributed by atoms with van der Waals surface area (Å²) in [6.45, 7) is 0. The molecule has 0 radical (unpaired) electrons. The van der Waals surface area contributed by atoms with Crippen molar-refractivity contribution in [3.05, 3.63) is 18.2 Å². The second kappa shape index (κ2) is 3.49.